The Balaban J connectivity index is 2.25. The SMILES string of the molecule is Cc1cc(S(=O)(=O)N(C)C2CCC2)ccc1C#CCCO. The van der Waals surface area contributed by atoms with E-state index in [0.717, 1.165) is 30.4 Å². The van der Waals surface area contributed by atoms with Crippen molar-refractivity contribution in [1.82, 2.24) is 4.31 Å². The summed E-state index contributed by atoms with van der Waals surface area (Å²) in [4.78, 5) is 0.321. The molecule has 1 saturated carbocycles. The van der Waals surface area contributed by atoms with Crippen LogP contribution in [0.3, 0.4) is 0 Å². The molecule has 1 aromatic carbocycles. The molecular weight excluding hydrogens is 286 g/mol. The monoisotopic (exact) mass is 307 g/mol. The van der Waals surface area contributed by atoms with Crippen LogP contribution in [0.15, 0.2) is 23.1 Å². The summed E-state index contributed by atoms with van der Waals surface area (Å²) in [7, 11) is -1.76. The van der Waals surface area contributed by atoms with Gasteiger partial charge in [-0.15, -0.1) is 0 Å². The lowest BCUT2D eigenvalue weighted by Crippen LogP contribution is -2.41. The molecule has 1 N–H and O–H groups in total. The molecule has 114 valence electrons. The summed E-state index contributed by atoms with van der Waals surface area (Å²) in [5, 5.41) is 8.72. The molecule has 0 saturated heterocycles. The van der Waals surface area contributed by atoms with E-state index in [1.54, 1.807) is 25.2 Å². The van der Waals surface area contributed by atoms with Crippen molar-refractivity contribution in [2.24, 2.45) is 0 Å². The summed E-state index contributed by atoms with van der Waals surface area (Å²) in [6, 6.07) is 5.16. The number of nitrogens with zero attached hydrogens (tertiary/aromatic N) is 1. The molecule has 4 nitrogen and oxygen atoms in total. The van der Waals surface area contributed by atoms with Gasteiger partial charge in [-0.3, -0.25) is 0 Å². The second kappa shape index (κ2) is 6.61. The average molecular weight is 307 g/mol. The maximum Gasteiger partial charge on any atom is 0.243 e. The van der Waals surface area contributed by atoms with Gasteiger partial charge in [-0.25, -0.2) is 8.42 Å². The van der Waals surface area contributed by atoms with Gasteiger partial charge in [-0.1, -0.05) is 18.3 Å². The summed E-state index contributed by atoms with van der Waals surface area (Å²) in [5.41, 5.74) is 1.64. The Morgan fingerprint density at radius 1 is 1.38 bits per heavy atom. The smallest absolute Gasteiger partial charge is 0.243 e. The number of aryl methyl sites for hydroxylation is 1. The molecule has 0 spiro atoms. The first-order valence-electron chi connectivity index (χ1n) is 7.15. The van der Waals surface area contributed by atoms with Gasteiger partial charge in [0.2, 0.25) is 10.0 Å². The molecule has 0 bridgehead atoms. The van der Waals surface area contributed by atoms with Gasteiger partial charge in [0.15, 0.2) is 0 Å². The molecule has 2 rings (SSSR count). The van der Waals surface area contributed by atoms with Gasteiger partial charge in [0.25, 0.3) is 0 Å². The van der Waals surface area contributed by atoms with Crippen LogP contribution in [-0.4, -0.2) is 37.5 Å². The molecule has 1 aliphatic rings. The van der Waals surface area contributed by atoms with Crippen molar-refractivity contribution in [3.63, 3.8) is 0 Å². The van der Waals surface area contributed by atoms with Crippen LogP contribution >= 0.6 is 0 Å². The van der Waals surface area contributed by atoms with Crippen LogP contribution in [0.5, 0.6) is 0 Å². The Labute approximate surface area is 126 Å². The lowest BCUT2D eigenvalue weighted by molar-refractivity contribution is 0.249. The third-order valence-electron chi connectivity index (χ3n) is 3.92. The quantitative estimate of drug-likeness (QED) is 0.864. The van der Waals surface area contributed by atoms with Crippen molar-refractivity contribution >= 4 is 10.0 Å². The van der Waals surface area contributed by atoms with Crippen LogP contribution in [0.4, 0.5) is 0 Å². The second-order valence-corrected chi connectivity index (χ2v) is 7.36. The summed E-state index contributed by atoms with van der Waals surface area (Å²) >= 11 is 0. The van der Waals surface area contributed by atoms with Crippen molar-refractivity contribution < 1.29 is 13.5 Å². The Bertz CT molecular complexity index is 666. The van der Waals surface area contributed by atoms with Crippen LogP contribution in [0.2, 0.25) is 0 Å². The zero-order valence-electron chi connectivity index (χ0n) is 12.5. The van der Waals surface area contributed by atoms with Crippen LogP contribution in [0, 0.1) is 18.8 Å². The number of hydrogen-bond donors (Lipinski definition) is 1. The number of aliphatic hydroxyl groups is 1. The lowest BCUT2D eigenvalue weighted by atomic mass is 9.94. The minimum atomic E-state index is -3.42. The average Bonchev–Trinajstić information content (AvgIpc) is 2.38. The second-order valence-electron chi connectivity index (χ2n) is 5.36. The van der Waals surface area contributed by atoms with Gasteiger partial charge >= 0.3 is 0 Å². The van der Waals surface area contributed by atoms with E-state index in [-0.39, 0.29) is 12.6 Å². The van der Waals surface area contributed by atoms with E-state index in [4.69, 9.17) is 5.11 Å². The Kier molecular flexibility index (Phi) is 5.04. The zero-order valence-corrected chi connectivity index (χ0v) is 13.3. The topological polar surface area (TPSA) is 57.6 Å². The number of benzene rings is 1. The number of aliphatic hydroxyl groups excluding tert-OH is 1. The van der Waals surface area contributed by atoms with Crippen LogP contribution < -0.4 is 0 Å². The van der Waals surface area contributed by atoms with E-state index in [0.29, 0.717) is 11.3 Å². The Hall–Kier alpha value is -1.35. The molecule has 0 atom stereocenters. The molecule has 0 unspecified atom stereocenters. The highest BCUT2D eigenvalue weighted by Crippen LogP contribution is 2.29. The van der Waals surface area contributed by atoms with E-state index in [1.807, 2.05) is 6.92 Å². The molecule has 1 fully saturated rings. The van der Waals surface area contributed by atoms with E-state index in [1.165, 1.54) is 4.31 Å². The van der Waals surface area contributed by atoms with Gasteiger partial charge in [0, 0.05) is 25.1 Å². The molecule has 0 radical (unpaired) electrons. The first-order valence-corrected chi connectivity index (χ1v) is 8.59. The highest BCUT2D eigenvalue weighted by molar-refractivity contribution is 7.89. The van der Waals surface area contributed by atoms with Crippen LogP contribution in [0.25, 0.3) is 0 Å². The molecule has 21 heavy (non-hydrogen) atoms. The third-order valence-corrected chi connectivity index (χ3v) is 5.83. The first kappa shape index (κ1) is 16.0. The van der Waals surface area contributed by atoms with E-state index in [9.17, 15) is 8.42 Å². The summed E-state index contributed by atoms with van der Waals surface area (Å²) < 4.78 is 26.6. The molecule has 1 aliphatic carbocycles. The maximum absolute atomic E-state index is 12.5. The molecular formula is C16H21NO3S. The van der Waals surface area contributed by atoms with E-state index >= 15 is 0 Å². The van der Waals surface area contributed by atoms with Crippen molar-refractivity contribution in [3.8, 4) is 11.8 Å². The maximum atomic E-state index is 12.5. The minimum absolute atomic E-state index is 0.0324. The predicted octanol–water partition coefficient (Wildman–Crippen LogP) is 1.90. The van der Waals surface area contributed by atoms with Gasteiger partial charge in [-0.2, -0.15) is 4.31 Å². The van der Waals surface area contributed by atoms with Gasteiger partial charge in [0.1, 0.15) is 0 Å². The van der Waals surface area contributed by atoms with Crippen molar-refractivity contribution in [2.75, 3.05) is 13.7 Å². The van der Waals surface area contributed by atoms with Crippen LogP contribution in [0.1, 0.15) is 36.8 Å². The Morgan fingerprint density at radius 3 is 2.62 bits per heavy atom. The normalized spacial score (nSPS) is 15.4. The van der Waals surface area contributed by atoms with E-state index in [2.05, 4.69) is 11.8 Å². The zero-order chi connectivity index (χ0) is 15.5. The highest BCUT2D eigenvalue weighted by atomic mass is 32.2. The molecule has 0 aromatic heterocycles. The standard InChI is InChI=1S/C16H21NO3S/c1-13-12-16(10-9-14(13)6-3-4-11-18)21(19,20)17(2)15-7-5-8-15/h9-10,12,15,18H,4-5,7-8,11H2,1-2H3. The van der Waals surface area contributed by atoms with Crippen molar-refractivity contribution in [3.05, 3.63) is 29.3 Å². The molecule has 0 heterocycles. The minimum Gasteiger partial charge on any atom is -0.395 e. The van der Waals surface area contributed by atoms with Gasteiger partial charge in [0.05, 0.1) is 11.5 Å². The molecule has 0 amide bonds. The fourth-order valence-electron chi connectivity index (χ4n) is 2.26. The fraction of sp³-hybridized carbons (Fsp3) is 0.500. The highest BCUT2D eigenvalue weighted by Gasteiger charge is 2.31. The lowest BCUT2D eigenvalue weighted by Gasteiger charge is -2.33. The molecule has 5 heteroatoms. The van der Waals surface area contributed by atoms with Crippen LogP contribution in [-0.2, 0) is 10.0 Å². The largest absolute Gasteiger partial charge is 0.395 e. The van der Waals surface area contributed by atoms with E-state index < -0.39 is 10.0 Å². The Morgan fingerprint density at radius 2 is 2.10 bits per heavy atom. The predicted molar refractivity (Wildman–Crippen MR) is 82.3 cm³/mol. The number of rotatable bonds is 4. The summed E-state index contributed by atoms with van der Waals surface area (Å²) in [5.74, 6) is 5.80. The fourth-order valence-corrected chi connectivity index (χ4v) is 3.76. The molecule has 1 aromatic rings. The summed E-state index contributed by atoms with van der Waals surface area (Å²) in [6.45, 7) is 1.88. The number of hydrogen-bond acceptors (Lipinski definition) is 3. The van der Waals surface area contributed by atoms with Gasteiger partial charge < -0.3 is 5.11 Å². The van der Waals surface area contributed by atoms with Crippen molar-refractivity contribution in [2.45, 2.75) is 43.5 Å². The third kappa shape index (κ3) is 3.46. The van der Waals surface area contributed by atoms with Crippen molar-refractivity contribution in [1.29, 1.82) is 0 Å². The first-order chi connectivity index (χ1) is 9.96. The van der Waals surface area contributed by atoms with Gasteiger partial charge in [-0.05, 0) is 43.5 Å². The number of sulfonamides is 1. The summed E-state index contributed by atoms with van der Waals surface area (Å²) in [6.07, 6.45) is 3.41. The molecule has 0 aliphatic heterocycles.